The summed E-state index contributed by atoms with van der Waals surface area (Å²) >= 11 is 0. The van der Waals surface area contributed by atoms with Gasteiger partial charge in [-0.1, -0.05) is 109 Å². The normalized spacial score (nSPS) is 10.8. The quantitative estimate of drug-likeness (QED) is 0.121. The molecular formula is C31H44O4. The second kappa shape index (κ2) is 17.8. The highest BCUT2D eigenvalue weighted by molar-refractivity contribution is 5.90. The number of hydrogen-bond donors (Lipinski definition) is 0. The van der Waals surface area contributed by atoms with Crippen LogP contribution < -0.4 is 4.74 Å². The second-order valence-corrected chi connectivity index (χ2v) is 9.35. The molecule has 0 saturated carbocycles. The molecule has 4 heteroatoms. The molecular weight excluding hydrogens is 436 g/mol. The van der Waals surface area contributed by atoms with Gasteiger partial charge in [-0.05, 0) is 48.2 Å². The number of carbonyl (C=O) groups is 2. The number of rotatable bonds is 18. The standard InChI is InChI=1S/C31H44O4/c1-3-5-7-8-9-10-11-12-13-14-15-16-30(32)35-29-23-21-27(22-24-29)26-17-19-28(20-18-26)31(33)34-25-6-4-2/h17-24H,3-16,25H2,1-2H3. The number of carbonyl (C=O) groups excluding carboxylic acids is 2. The van der Waals surface area contributed by atoms with Crippen LogP contribution in [0.1, 0.15) is 114 Å². The first kappa shape index (κ1) is 28.6. The molecule has 0 aliphatic heterocycles. The minimum Gasteiger partial charge on any atom is -0.462 e. The molecule has 0 spiro atoms. The van der Waals surface area contributed by atoms with Crippen molar-refractivity contribution in [3.8, 4) is 16.9 Å². The Morgan fingerprint density at radius 1 is 0.600 bits per heavy atom. The second-order valence-electron chi connectivity index (χ2n) is 9.35. The third kappa shape index (κ3) is 12.1. The van der Waals surface area contributed by atoms with Crippen LogP contribution in [0, 0.1) is 0 Å². The van der Waals surface area contributed by atoms with E-state index in [9.17, 15) is 9.59 Å². The predicted octanol–water partition coefficient (Wildman–Crippen LogP) is 8.92. The van der Waals surface area contributed by atoms with E-state index in [1.807, 2.05) is 36.4 Å². The van der Waals surface area contributed by atoms with Crippen LogP contribution in [0.5, 0.6) is 5.75 Å². The van der Waals surface area contributed by atoms with Gasteiger partial charge in [0.2, 0.25) is 0 Å². The molecule has 0 aliphatic carbocycles. The van der Waals surface area contributed by atoms with Crippen molar-refractivity contribution in [3.05, 3.63) is 54.1 Å². The zero-order valence-corrected chi connectivity index (χ0v) is 21.9. The first-order valence-corrected chi connectivity index (χ1v) is 13.7. The van der Waals surface area contributed by atoms with Crippen molar-refractivity contribution in [2.45, 2.75) is 104 Å². The summed E-state index contributed by atoms with van der Waals surface area (Å²) in [6.07, 6.45) is 16.2. The van der Waals surface area contributed by atoms with Crippen molar-refractivity contribution >= 4 is 11.9 Å². The summed E-state index contributed by atoms with van der Waals surface area (Å²) in [7, 11) is 0. The van der Waals surface area contributed by atoms with Crippen molar-refractivity contribution in [2.75, 3.05) is 6.61 Å². The van der Waals surface area contributed by atoms with Gasteiger partial charge in [0.25, 0.3) is 0 Å². The minimum absolute atomic E-state index is 0.167. The van der Waals surface area contributed by atoms with E-state index in [1.165, 1.54) is 57.8 Å². The van der Waals surface area contributed by atoms with Gasteiger partial charge in [-0.15, -0.1) is 0 Å². The van der Waals surface area contributed by atoms with E-state index in [1.54, 1.807) is 12.1 Å². The Balaban J connectivity index is 1.63. The van der Waals surface area contributed by atoms with Gasteiger partial charge in [-0.3, -0.25) is 4.79 Å². The van der Waals surface area contributed by atoms with Gasteiger partial charge in [-0.2, -0.15) is 0 Å². The molecule has 0 bridgehead atoms. The number of hydrogen-bond acceptors (Lipinski definition) is 4. The number of esters is 2. The topological polar surface area (TPSA) is 52.6 Å². The van der Waals surface area contributed by atoms with Gasteiger partial charge < -0.3 is 9.47 Å². The maximum atomic E-state index is 12.2. The SMILES string of the molecule is CCCCCCCCCCCCCC(=O)Oc1ccc(-c2ccc(C(=O)OCCCC)cc2)cc1. The maximum absolute atomic E-state index is 12.2. The lowest BCUT2D eigenvalue weighted by Gasteiger charge is -2.08. The van der Waals surface area contributed by atoms with Crippen molar-refractivity contribution < 1.29 is 19.1 Å². The molecule has 2 rings (SSSR count). The van der Waals surface area contributed by atoms with E-state index >= 15 is 0 Å². The summed E-state index contributed by atoms with van der Waals surface area (Å²) in [5.41, 5.74) is 2.55. The molecule has 0 N–H and O–H groups in total. The lowest BCUT2D eigenvalue weighted by atomic mass is 10.0. The van der Waals surface area contributed by atoms with Gasteiger partial charge in [0, 0.05) is 6.42 Å². The highest BCUT2D eigenvalue weighted by Crippen LogP contribution is 2.23. The van der Waals surface area contributed by atoms with E-state index in [4.69, 9.17) is 9.47 Å². The van der Waals surface area contributed by atoms with Crippen molar-refractivity contribution in [3.63, 3.8) is 0 Å². The van der Waals surface area contributed by atoms with Crippen LogP contribution in [0.4, 0.5) is 0 Å². The Hall–Kier alpha value is -2.62. The van der Waals surface area contributed by atoms with Gasteiger partial charge >= 0.3 is 11.9 Å². The van der Waals surface area contributed by atoms with Crippen molar-refractivity contribution in [2.24, 2.45) is 0 Å². The van der Waals surface area contributed by atoms with Crippen LogP contribution >= 0.6 is 0 Å². The molecule has 0 aliphatic rings. The largest absolute Gasteiger partial charge is 0.462 e. The highest BCUT2D eigenvalue weighted by Gasteiger charge is 2.08. The third-order valence-corrected chi connectivity index (χ3v) is 6.26. The average molecular weight is 481 g/mol. The Kier molecular flexibility index (Phi) is 14.5. The Morgan fingerprint density at radius 2 is 1.09 bits per heavy atom. The molecule has 0 atom stereocenters. The van der Waals surface area contributed by atoms with E-state index in [0.717, 1.165) is 36.8 Å². The van der Waals surface area contributed by atoms with E-state index < -0.39 is 0 Å². The Morgan fingerprint density at radius 3 is 1.63 bits per heavy atom. The van der Waals surface area contributed by atoms with Crippen LogP contribution in [-0.2, 0) is 9.53 Å². The van der Waals surface area contributed by atoms with Crippen molar-refractivity contribution in [1.29, 1.82) is 0 Å². The third-order valence-electron chi connectivity index (χ3n) is 6.26. The van der Waals surface area contributed by atoms with Gasteiger partial charge in [0.1, 0.15) is 5.75 Å². The molecule has 2 aromatic carbocycles. The van der Waals surface area contributed by atoms with Crippen LogP contribution in [-0.4, -0.2) is 18.5 Å². The van der Waals surface area contributed by atoms with Crippen LogP contribution in [0.3, 0.4) is 0 Å². The number of unbranched alkanes of at least 4 members (excludes halogenated alkanes) is 11. The number of benzene rings is 2. The fourth-order valence-electron chi connectivity index (χ4n) is 4.02. The molecule has 2 aromatic rings. The molecule has 0 heterocycles. The molecule has 192 valence electrons. The molecule has 4 nitrogen and oxygen atoms in total. The maximum Gasteiger partial charge on any atom is 0.338 e. The van der Waals surface area contributed by atoms with E-state index in [-0.39, 0.29) is 11.9 Å². The van der Waals surface area contributed by atoms with Crippen LogP contribution in [0.15, 0.2) is 48.5 Å². The first-order valence-electron chi connectivity index (χ1n) is 13.7. The summed E-state index contributed by atoms with van der Waals surface area (Å²) in [6.45, 7) is 4.77. The van der Waals surface area contributed by atoms with Crippen molar-refractivity contribution in [1.82, 2.24) is 0 Å². The molecule has 35 heavy (non-hydrogen) atoms. The summed E-state index contributed by atoms with van der Waals surface area (Å²) < 4.78 is 10.7. The zero-order valence-electron chi connectivity index (χ0n) is 21.9. The molecule has 0 aromatic heterocycles. The lowest BCUT2D eigenvalue weighted by molar-refractivity contribution is -0.134. The molecule has 0 unspecified atom stereocenters. The van der Waals surface area contributed by atoms with Crippen LogP contribution in [0.25, 0.3) is 11.1 Å². The van der Waals surface area contributed by atoms with E-state index in [0.29, 0.717) is 24.3 Å². The molecule has 0 saturated heterocycles. The Bertz CT molecular complexity index is 839. The fourth-order valence-corrected chi connectivity index (χ4v) is 4.02. The molecule has 0 fully saturated rings. The van der Waals surface area contributed by atoms with Crippen LogP contribution in [0.2, 0.25) is 0 Å². The minimum atomic E-state index is -0.287. The lowest BCUT2D eigenvalue weighted by Crippen LogP contribution is -2.07. The fraction of sp³-hybridized carbons (Fsp3) is 0.548. The summed E-state index contributed by atoms with van der Waals surface area (Å²) in [5.74, 6) is 0.114. The highest BCUT2D eigenvalue weighted by atomic mass is 16.5. The predicted molar refractivity (Wildman–Crippen MR) is 144 cm³/mol. The van der Waals surface area contributed by atoms with Gasteiger partial charge in [0.15, 0.2) is 0 Å². The smallest absolute Gasteiger partial charge is 0.338 e. The summed E-state index contributed by atoms with van der Waals surface area (Å²) in [5, 5.41) is 0. The summed E-state index contributed by atoms with van der Waals surface area (Å²) in [4.78, 5) is 24.2. The molecule has 0 radical (unpaired) electrons. The summed E-state index contributed by atoms with van der Waals surface area (Å²) in [6, 6.07) is 14.9. The Labute approximate surface area is 212 Å². The monoisotopic (exact) mass is 480 g/mol. The van der Waals surface area contributed by atoms with Gasteiger partial charge in [-0.25, -0.2) is 4.79 Å². The van der Waals surface area contributed by atoms with E-state index in [2.05, 4.69) is 13.8 Å². The average Bonchev–Trinajstić information content (AvgIpc) is 2.88. The zero-order chi connectivity index (χ0) is 25.1. The molecule has 0 amide bonds. The first-order chi connectivity index (χ1) is 17.1. The van der Waals surface area contributed by atoms with Gasteiger partial charge in [0.05, 0.1) is 12.2 Å². The number of ether oxygens (including phenoxy) is 2.